The van der Waals surface area contributed by atoms with Crippen molar-refractivity contribution in [1.29, 1.82) is 0 Å². The SMILES string of the molecule is CN=C(NCc1ccc(N2CCCCC2=O)cc1)N1CCC(C)C(n2ccnc2)C1. The van der Waals surface area contributed by atoms with Gasteiger partial charge in [-0.3, -0.25) is 9.79 Å². The molecule has 0 aliphatic carbocycles. The van der Waals surface area contributed by atoms with Crippen molar-refractivity contribution in [1.82, 2.24) is 19.8 Å². The van der Waals surface area contributed by atoms with Gasteiger partial charge in [0.25, 0.3) is 0 Å². The molecule has 0 radical (unpaired) electrons. The van der Waals surface area contributed by atoms with Crippen molar-refractivity contribution >= 4 is 17.6 Å². The summed E-state index contributed by atoms with van der Waals surface area (Å²) in [5.41, 5.74) is 2.18. The summed E-state index contributed by atoms with van der Waals surface area (Å²) in [4.78, 5) is 25.1. The van der Waals surface area contributed by atoms with Gasteiger partial charge < -0.3 is 19.7 Å². The van der Waals surface area contributed by atoms with E-state index in [1.165, 1.54) is 5.56 Å². The number of likely N-dealkylation sites (tertiary alicyclic amines) is 1. The fourth-order valence-corrected chi connectivity index (χ4v) is 4.48. The van der Waals surface area contributed by atoms with Crippen LogP contribution in [0.25, 0.3) is 0 Å². The minimum absolute atomic E-state index is 0.235. The zero-order valence-electron chi connectivity index (χ0n) is 18.0. The number of aliphatic imine (C=N–C) groups is 1. The average Bonchev–Trinajstić information content (AvgIpc) is 3.31. The lowest BCUT2D eigenvalue weighted by Crippen LogP contribution is -2.48. The smallest absolute Gasteiger partial charge is 0.226 e. The number of nitrogens with one attached hydrogen (secondary N) is 1. The molecule has 0 spiro atoms. The van der Waals surface area contributed by atoms with Crippen molar-refractivity contribution < 1.29 is 4.79 Å². The first-order valence-electron chi connectivity index (χ1n) is 11.0. The van der Waals surface area contributed by atoms with E-state index in [2.05, 4.69) is 62.1 Å². The third kappa shape index (κ3) is 4.50. The van der Waals surface area contributed by atoms with E-state index < -0.39 is 0 Å². The highest BCUT2D eigenvalue weighted by atomic mass is 16.2. The van der Waals surface area contributed by atoms with E-state index in [0.717, 1.165) is 50.5 Å². The first-order valence-corrected chi connectivity index (χ1v) is 11.0. The van der Waals surface area contributed by atoms with Gasteiger partial charge in [0.2, 0.25) is 5.91 Å². The van der Waals surface area contributed by atoms with Crippen molar-refractivity contribution in [3.8, 4) is 0 Å². The van der Waals surface area contributed by atoms with E-state index in [-0.39, 0.29) is 5.91 Å². The summed E-state index contributed by atoms with van der Waals surface area (Å²) >= 11 is 0. The van der Waals surface area contributed by atoms with E-state index in [0.29, 0.717) is 24.9 Å². The molecule has 1 aromatic carbocycles. The molecule has 30 heavy (non-hydrogen) atoms. The van der Waals surface area contributed by atoms with Crippen LogP contribution in [0.1, 0.15) is 44.2 Å². The molecule has 7 nitrogen and oxygen atoms in total. The van der Waals surface area contributed by atoms with Crippen LogP contribution in [0.15, 0.2) is 48.0 Å². The van der Waals surface area contributed by atoms with Crippen LogP contribution in [0.5, 0.6) is 0 Å². The zero-order chi connectivity index (χ0) is 20.9. The van der Waals surface area contributed by atoms with Crippen LogP contribution >= 0.6 is 0 Å². The van der Waals surface area contributed by atoms with Gasteiger partial charge in [-0.05, 0) is 42.9 Å². The van der Waals surface area contributed by atoms with Crippen LogP contribution in [0.2, 0.25) is 0 Å². The second-order valence-electron chi connectivity index (χ2n) is 8.36. The van der Waals surface area contributed by atoms with Crippen LogP contribution in [0, 0.1) is 5.92 Å². The van der Waals surface area contributed by atoms with Gasteiger partial charge in [-0.15, -0.1) is 0 Å². The van der Waals surface area contributed by atoms with Crippen LogP contribution < -0.4 is 10.2 Å². The Kier molecular flexibility index (Phi) is 6.35. The van der Waals surface area contributed by atoms with Crippen molar-refractivity contribution in [2.45, 2.75) is 45.2 Å². The maximum absolute atomic E-state index is 12.1. The number of piperidine rings is 2. The number of nitrogens with zero attached hydrogens (tertiary/aromatic N) is 5. The van der Waals surface area contributed by atoms with Crippen LogP contribution in [0.3, 0.4) is 0 Å². The molecule has 1 amide bonds. The molecule has 1 N–H and O–H groups in total. The molecule has 160 valence electrons. The van der Waals surface area contributed by atoms with Crippen LogP contribution in [-0.4, -0.2) is 53.0 Å². The maximum atomic E-state index is 12.1. The topological polar surface area (TPSA) is 65.8 Å². The lowest BCUT2D eigenvalue weighted by Gasteiger charge is -2.39. The standard InChI is InChI=1S/C23H32N6O/c1-18-10-13-27(16-21(18)28-14-11-25-17-28)23(24-2)26-15-19-6-8-20(9-7-19)29-12-4-3-5-22(29)30/h6-9,11,14,17-18,21H,3-5,10,12-13,15-16H2,1-2H3,(H,24,26). The molecule has 0 saturated carbocycles. The number of rotatable bonds is 4. The third-order valence-corrected chi connectivity index (χ3v) is 6.36. The van der Waals surface area contributed by atoms with Crippen molar-refractivity contribution in [2.75, 3.05) is 31.6 Å². The maximum Gasteiger partial charge on any atom is 0.226 e. The molecular formula is C23H32N6O. The van der Waals surface area contributed by atoms with Gasteiger partial charge in [0.15, 0.2) is 5.96 Å². The highest BCUT2D eigenvalue weighted by Gasteiger charge is 2.28. The van der Waals surface area contributed by atoms with Crippen LogP contribution in [0.4, 0.5) is 5.69 Å². The second kappa shape index (κ2) is 9.32. The Morgan fingerprint density at radius 3 is 2.77 bits per heavy atom. The van der Waals surface area contributed by atoms with Crippen molar-refractivity contribution in [3.63, 3.8) is 0 Å². The fraction of sp³-hybridized carbons (Fsp3) is 0.522. The molecule has 2 unspecified atom stereocenters. The number of carbonyl (C=O) groups is 1. The third-order valence-electron chi connectivity index (χ3n) is 6.36. The lowest BCUT2D eigenvalue weighted by molar-refractivity contribution is -0.119. The molecule has 2 atom stereocenters. The minimum atomic E-state index is 0.235. The largest absolute Gasteiger partial charge is 0.352 e. The first-order chi connectivity index (χ1) is 14.7. The second-order valence-corrected chi connectivity index (χ2v) is 8.36. The molecule has 4 rings (SSSR count). The molecular weight excluding hydrogens is 376 g/mol. The number of aromatic nitrogens is 2. The fourth-order valence-electron chi connectivity index (χ4n) is 4.48. The van der Waals surface area contributed by atoms with E-state index in [4.69, 9.17) is 0 Å². The average molecular weight is 409 g/mol. The summed E-state index contributed by atoms with van der Waals surface area (Å²) in [5.74, 6) is 1.78. The Labute approximate surface area is 178 Å². The Balaban J connectivity index is 1.36. The molecule has 0 bridgehead atoms. The molecule has 2 aromatic rings. The normalized spacial score (nSPS) is 23.0. The molecule has 2 aliphatic heterocycles. The number of guanidine groups is 1. The number of carbonyl (C=O) groups excluding carboxylic acids is 1. The van der Waals surface area contributed by atoms with Gasteiger partial charge in [-0.1, -0.05) is 19.1 Å². The minimum Gasteiger partial charge on any atom is -0.352 e. The quantitative estimate of drug-likeness (QED) is 0.624. The van der Waals surface area contributed by atoms with Gasteiger partial charge in [0.1, 0.15) is 0 Å². The summed E-state index contributed by atoms with van der Waals surface area (Å²) < 4.78 is 2.21. The number of amides is 1. The summed E-state index contributed by atoms with van der Waals surface area (Å²) in [7, 11) is 1.84. The van der Waals surface area contributed by atoms with Gasteiger partial charge in [0.05, 0.1) is 12.4 Å². The van der Waals surface area contributed by atoms with Gasteiger partial charge in [-0.25, -0.2) is 4.98 Å². The number of benzene rings is 1. The number of hydrogen-bond acceptors (Lipinski definition) is 3. The number of imidazole rings is 1. The highest BCUT2D eigenvalue weighted by Crippen LogP contribution is 2.27. The summed E-state index contributed by atoms with van der Waals surface area (Å²) in [5, 5.41) is 3.51. The molecule has 3 heterocycles. The highest BCUT2D eigenvalue weighted by molar-refractivity contribution is 5.93. The van der Waals surface area contributed by atoms with Crippen molar-refractivity contribution in [3.05, 3.63) is 48.5 Å². The summed E-state index contributed by atoms with van der Waals surface area (Å²) in [6.07, 6.45) is 9.69. The number of anilines is 1. The zero-order valence-corrected chi connectivity index (χ0v) is 18.0. The van der Waals surface area contributed by atoms with Crippen LogP contribution in [-0.2, 0) is 11.3 Å². The van der Waals surface area contributed by atoms with E-state index >= 15 is 0 Å². The molecule has 2 saturated heterocycles. The Morgan fingerprint density at radius 2 is 2.07 bits per heavy atom. The summed E-state index contributed by atoms with van der Waals surface area (Å²) in [6.45, 7) is 5.78. The Hall–Kier alpha value is -2.83. The molecule has 7 heteroatoms. The molecule has 2 fully saturated rings. The molecule has 2 aliphatic rings. The van der Waals surface area contributed by atoms with Crippen molar-refractivity contribution in [2.24, 2.45) is 10.9 Å². The monoisotopic (exact) mass is 408 g/mol. The lowest BCUT2D eigenvalue weighted by atomic mass is 9.93. The number of hydrogen-bond donors (Lipinski definition) is 1. The van der Waals surface area contributed by atoms with E-state index in [1.807, 2.05) is 24.5 Å². The molecule has 1 aromatic heterocycles. The predicted molar refractivity (Wildman–Crippen MR) is 119 cm³/mol. The summed E-state index contributed by atoms with van der Waals surface area (Å²) in [6, 6.07) is 8.72. The van der Waals surface area contributed by atoms with E-state index in [9.17, 15) is 4.79 Å². The van der Waals surface area contributed by atoms with Gasteiger partial charge in [0, 0.05) is 57.7 Å². The Bertz CT molecular complexity index is 860. The first kappa shape index (κ1) is 20.4. The predicted octanol–water partition coefficient (Wildman–Crippen LogP) is 3.06. The van der Waals surface area contributed by atoms with Gasteiger partial charge >= 0.3 is 0 Å². The van der Waals surface area contributed by atoms with E-state index in [1.54, 1.807) is 0 Å². The Morgan fingerprint density at radius 1 is 1.23 bits per heavy atom. The van der Waals surface area contributed by atoms with Gasteiger partial charge in [-0.2, -0.15) is 0 Å².